The number of benzene rings is 1. The lowest BCUT2D eigenvalue weighted by molar-refractivity contribution is 0.308. The molecule has 0 unspecified atom stereocenters. The Labute approximate surface area is 111 Å². The molecule has 1 N–H and O–H groups in total. The van der Waals surface area contributed by atoms with E-state index in [1.54, 1.807) is 0 Å². The molecule has 0 saturated carbocycles. The molecule has 0 aliphatic heterocycles. The van der Waals surface area contributed by atoms with Crippen LogP contribution in [0.25, 0.3) is 0 Å². The lowest BCUT2D eigenvalue weighted by Crippen LogP contribution is -2.12. The quantitative estimate of drug-likeness (QED) is 0.558. The van der Waals surface area contributed by atoms with Crippen LogP contribution in [0.4, 0.5) is 0 Å². The molecule has 2 nitrogen and oxygen atoms in total. The van der Waals surface area contributed by atoms with Crippen LogP contribution in [0.2, 0.25) is 0 Å². The van der Waals surface area contributed by atoms with Crippen molar-refractivity contribution in [3.05, 3.63) is 41.5 Å². The molecular weight excluding hydrogens is 222 g/mol. The average Bonchev–Trinajstić information content (AvgIpc) is 2.34. The normalized spacial score (nSPS) is 10.4. The summed E-state index contributed by atoms with van der Waals surface area (Å²) in [5.74, 6) is 1.04. The summed E-state index contributed by atoms with van der Waals surface area (Å²) in [4.78, 5) is 0. The van der Waals surface area contributed by atoms with Crippen LogP contribution >= 0.6 is 0 Å². The third-order valence-corrected chi connectivity index (χ3v) is 2.90. The fourth-order valence-corrected chi connectivity index (χ4v) is 2.04. The van der Waals surface area contributed by atoms with Gasteiger partial charge in [-0.25, -0.2) is 0 Å². The van der Waals surface area contributed by atoms with Crippen LogP contribution < -0.4 is 10.1 Å². The number of aryl methyl sites for hydroxylation is 2. The van der Waals surface area contributed by atoms with Gasteiger partial charge in [0.1, 0.15) is 5.75 Å². The largest absolute Gasteiger partial charge is 0.493 e. The van der Waals surface area contributed by atoms with E-state index < -0.39 is 0 Å². The Hall–Kier alpha value is -1.28. The fraction of sp³-hybridized carbons (Fsp3) is 0.500. The molecule has 0 aromatic heterocycles. The third-order valence-electron chi connectivity index (χ3n) is 2.90. The van der Waals surface area contributed by atoms with E-state index in [1.165, 1.54) is 16.7 Å². The van der Waals surface area contributed by atoms with Gasteiger partial charge < -0.3 is 10.1 Å². The van der Waals surface area contributed by atoms with Crippen molar-refractivity contribution in [2.75, 3.05) is 13.2 Å². The molecule has 0 amide bonds. The predicted octanol–water partition coefficient (Wildman–Crippen LogP) is 3.76. The molecule has 0 aliphatic rings. The Kier molecular flexibility index (Phi) is 6.51. The highest BCUT2D eigenvalue weighted by Crippen LogP contribution is 2.25. The molecule has 0 aliphatic carbocycles. The smallest absolute Gasteiger partial charge is 0.125 e. The number of hydrogen-bond donors (Lipinski definition) is 1. The van der Waals surface area contributed by atoms with E-state index >= 15 is 0 Å². The molecule has 0 bridgehead atoms. The summed E-state index contributed by atoms with van der Waals surface area (Å²) in [7, 11) is 0. The summed E-state index contributed by atoms with van der Waals surface area (Å²) in [5.41, 5.74) is 3.77. The lowest BCUT2D eigenvalue weighted by atomic mass is 10.1. The first-order valence-corrected chi connectivity index (χ1v) is 6.73. The van der Waals surface area contributed by atoms with E-state index in [0.29, 0.717) is 0 Å². The van der Waals surface area contributed by atoms with E-state index in [2.05, 4.69) is 44.8 Å². The summed E-state index contributed by atoms with van der Waals surface area (Å²) >= 11 is 0. The molecule has 18 heavy (non-hydrogen) atoms. The lowest BCUT2D eigenvalue weighted by Gasteiger charge is -2.14. The Balaban J connectivity index is 2.65. The number of unbranched alkanes of at least 4 members (excludes halogenated alkanes) is 1. The zero-order valence-electron chi connectivity index (χ0n) is 11.9. The van der Waals surface area contributed by atoms with Crippen molar-refractivity contribution in [1.29, 1.82) is 0 Å². The Morgan fingerprint density at radius 2 is 1.94 bits per heavy atom. The minimum atomic E-state index is 0.764. The van der Waals surface area contributed by atoms with Gasteiger partial charge in [-0.3, -0.25) is 0 Å². The second-order valence-corrected chi connectivity index (χ2v) is 4.62. The van der Waals surface area contributed by atoms with Crippen LogP contribution in [0.15, 0.2) is 24.8 Å². The van der Waals surface area contributed by atoms with Gasteiger partial charge in [0.15, 0.2) is 0 Å². The molecular formula is C16H25NO. The number of ether oxygens (including phenoxy) is 1. The van der Waals surface area contributed by atoms with Crippen molar-refractivity contribution in [1.82, 2.24) is 5.32 Å². The Morgan fingerprint density at radius 1 is 1.28 bits per heavy atom. The van der Waals surface area contributed by atoms with E-state index in [0.717, 1.165) is 38.3 Å². The van der Waals surface area contributed by atoms with Crippen LogP contribution in [0.3, 0.4) is 0 Å². The zero-order valence-corrected chi connectivity index (χ0v) is 11.9. The van der Waals surface area contributed by atoms with E-state index in [9.17, 15) is 0 Å². The monoisotopic (exact) mass is 247 g/mol. The van der Waals surface area contributed by atoms with E-state index in [-0.39, 0.29) is 0 Å². The Morgan fingerprint density at radius 3 is 2.50 bits per heavy atom. The highest BCUT2D eigenvalue weighted by atomic mass is 16.5. The van der Waals surface area contributed by atoms with Crippen molar-refractivity contribution < 1.29 is 4.74 Å². The molecule has 0 fully saturated rings. The molecule has 0 heterocycles. The van der Waals surface area contributed by atoms with Crippen LogP contribution in [0.5, 0.6) is 5.75 Å². The maximum Gasteiger partial charge on any atom is 0.125 e. The van der Waals surface area contributed by atoms with Gasteiger partial charge in [0.05, 0.1) is 6.61 Å². The third kappa shape index (κ3) is 4.53. The van der Waals surface area contributed by atoms with Crippen molar-refractivity contribution >= 4 is 0 Å². The van der Waals surface area contributed by atoms with Gasteiger partial charge in [-0.1, -0.05) is 25.1 Å². The standard InChI is InChI=1S/C16H25NO/c1-5-7-8-9-18-16-13(3)10-15(11-14(16)4)12-17-6-2/h5,10-11,17H,1,6-9,12H2,2-4H3. The van der Waals surface area contributed by atoms with Crippen molar-refractivity contribution in [3.63, 3.8) is 0 Å². The van der Waals surface area contributed by atoms with Crippen LogP contribution in [0.1, 0.15) is 36.5 Å². The molecule has 1 rings (SSSR count). The highest BCUT2D eigenvalue weighted by Gasteiger charge is 2.06. The summed E-state index contributed by atoms with van der Waals surface area (Å²) in [6.45, 7) is 12.8. The molecule has 0 atom stereocenters. The summed E-state index contributed by atoms with van der Waals surface area (Å²) in [6.07, 6.45) is 3.97. The van der Waals surface area contributed by atoms with Crippen LogP contribution in [-0.2, 0) is 6.54 Å². The number of allylic oxidation sites excluding steroid dienone is 1. The second-order valence-electron chi connectivity index (χ2n) is 4.62. The van der Waals surface area contributed by atoms with Gasteiger partial charge in [-0.15, -0.1) is 6.58 Å². The van der Waals surface area contributed by atoms with Gasteiger partial charge in [0, 0.05) is 6.54 Å². The zero-order chi connectivity index (χ0) is 13.4. The van der Waals surface area contributed by atoms with Gasteiger partial charge in [0.2, 0.25) is 0 Å². The second kappa shape index (κ2) is 7.93. The first-order chi connectivity index (χ1) is 8.69. The van der Waals surface area contributed by atoms with Gasteiger partial charge >= 0.3 is 0 Å². The predicted molar refractivity (Wildman–Crippen MR) is 78.2 cm³/mol. The van der Waals surface area contributed by atoms with Gasteiger partial charge in [-0.2, -0.15) is 0 Å². The fourth-order valence-electron chi connectivity index (χ4n) is 2.04. The number of nitrogens with one attached hydrogen (secondary N) is 1. The SMILES string of the molecule is C=CCCCOc1c(C)cc(CNCC)cc1C. The molecule has 2 heteroatoms. The van der Waals surface area contributed by atoms with Crippen molar-refractivity contribution in [3.8, 4) is 5.75 Å². The van der Waals surface area contributed by atoms with Crippen molar-refractivity contribution in [2.45, 2.75) is 40.2 Å². The summed E-state index contributed by atoms with van der Waals surface area (Å²) in [6, 6.07) is 4.41. The van der Waals surface area contributed by atoms with Crippen molar-refractivity contribution in [2.24, 2.45) is 0 Å². The first kappa shape index (κ1) is 14.8. The number of rotatable bonds is 8. The number of hydrogen-bond acceptors (Lipinski definition) is 2. The molecule has 0 spiro atoms. The molecule has 100 valence electrons. The summed E-state index contributed by atoms with van der Waals surface area (Å²) in [5, 5.41) is 3.35. The molecule has 0 saturated heterocycles. The maximum atomic E-state index is 5.86. The van der Waals surface area contributed by atoms with E-state index in [1.807, 2.05) is 6.08 Å². The molecule has 0 radical (unpaired) electrons. The van der Waals surface area contributed by atoms with E-state index in [4.69, 9.17) is 4.74 Å². The Bertz CT molecular complexity index is 362. The van der Waals surface area contributed by atoms with Gasteiger partial charge in [0.25, 0.3) is 0 Å². The minimum absolute atomic E-state index is 0.764. The summed E-state index contributed by atoms with van der Waals surface area (Å²) < 4.78 is 5.86. The van der Waals surface area contributed by atoms with Gasteiger partial charge in [-0.05, 0) is 49.9 Å². The highest BCUT2D eigenvalue weighted by molar-refractivity contribution is 5.43. The molecule has 1 aromatic rings. The van der Waals surface area contributed by atoms with Crippen LogP contribution in [0, 0.1) is 13.8 Å². The average molecular weight is 247 g/mol. The minimum Gasteiger partial charge on any atom is -0.493 e. The van der Waals surface area contributed by atoms with Crippen LogP contribution in [-0.4, -0.2) is 13.2 Å². The molecule has 1 aromatic carbocycles. The first-order valence-electron chi connectivity index (χ1n) is 6.73. The maximum absolute atomic E-state index is 5.86. The topological polar surface area (TPSA) is 21.3 Å².